The van der Waals surface area contributed by atoms with Crippen molar-refractivity contribution in [2.45, 2.75) is 24.5 Å². The molecule has 1 aromatic rings. The third-order valence-electron chi connectivity index (χ3n) is 3.37. The van der Waals surface area contributed by atoms with E-state index in [4.69, 9.17) is 19.7 Å². The minimum Gasteiger partial charge on any atom is -0.390 e. The zero-order valence-electron chi connectivity index (χ0n) is 12.2. The van der Waals surface area contributed by atoms with E-state index in [1.54, 1.807) is 6.08 Å². The lowest BCUT2D eigenvalue weighted by Gasteiger charge is -2.31. The molecule has 0 radical (unpaired) electrons. The van der Waals surface area contributed by atoms with E-state index >= 15 is 0 Å². The molecule has 0 bridgehead atoms. The van der Waals surface area contributed by atoms with Gasteiger partial charge in [0.25, 0.3) is 5.56 Å². The van der Waals surface area contributed by atoms with Gasteiger partial charge in [-0.1, -0.05) is 6.08 Å². The van der Waals surface area contributed by atoms with Crippen molar-refractivity contribution in [1.82, 2.24) is 14.9 Å². The second-order valence-electron chi connectivity index (χ2n) is 4.96. The summed E-state index contributed by atoms with van der Waals surface area (Å²) in [6, 6.07) is 1.17. The van der Waals surface area contributed by atoms with Gasteiger partial charge in [-0.05, 0) is 0 Å². The van der Waals surface area contributed by atoms with Crippen LogP contribution in [-0.4, -0.2) is 44.9 Å². The van der Waals surface area contributed by atoms with Crippen LogP contribution >= 0.6 is 8.53 Å². The highest BCUT2D eigenvalue weighted by Gasteiger charge is 2.48. The highest BCUT2D eigenvalue weighted by molar-refractivity contribution is 7.43. The topological polar surface area (TPSA) is 152 Å². The molecule has 0 saturated carbocycles. The zero-order valence-corrected chi connectivity index (χ0v) is 13.1. The fourth-order valence-electron chi connectivity index (χ4n) is 2.37. The van der Waals surface area contributed by atoms with Gasteiger partial charge in [-0.15, -0.1) is 6.58 Å². The van der Waals surface area contributed by atoms with Crippen LogP contribution in [0.5, 0.6) is 0 Å². The monoisotopic (exact) mass is 346 g/mol. The third kappa shape index (κ3) is 4.12. The molecule has 0 amide bonds. The Bertz CT molecular complexity index is 661. The van der Waals surface area contributed by atoms with Crippen molar-refractivity contribution in [3.05, 3.63) is 45.8 Å². The van der Waals surface area contributed by atoms with E-state index in [0.29, 0.717) is 0 Å². The largest absolute Gasteiger partial charge is 0.390 e. The summed E-state index contributed by atoms with van der Waals surface area (Å²) in [5.74, 6) is -1.38. The molecule has 0 spiro atoms. The Hall–Kier alpha value is -1.39. The van der Waals surface area contributed by atoms with Gasteiger partial charge < -0.3 is 19.3 Å². The summed E-state index contributed by atoms with van der Waals surface area (Å²) in [7, 11) is -2.09. The van der Waals surface area contributed by atoms with Crippen molar-refractivity contribution in [3.63, 3.8) is 0 Å². The lowest BCUT2D eigenvalue weighted by molar-refractivity contribution is -0.136. The number of nitrogens with one attached hydrogen (secondary N) is 2. The van der Waals surface area contributed by atoms with Crippen LogP contribution in [0.1, 0.15) is 6.42 Å². The van der Waals surface area contributed by atoms with Crippen LogP contribution < -0.4 is 22.1 Å². The Labute approximate surface area is 132 Å². The molecule has 128 valence electrons. The predicted molar refractivity (Wildman–Crippen MR) is 82.3 cm³/mol. The number of rotatable bonds is 7. The number of aromatic amines is 1. The number of aliphatic hydroxyl groups excluding tert-OH is 1. The fraction of sp³-hybridized carbons (Fsp3) is 0.500. The van der Waals surface area contributed by atoms with E-state index in [0.717, 1.165) is 4.57 Å². The molecular formula is C12H19N4O6P. The van der Waals surface area contributed by atoms with Crippen molar-refractivity contribution >= 4 is 8.53 Å². The molecule has 1 unspecified atom stereocenters. The van der Waals surface area contributed by atoms with Gasteiger partial charge in [0, 0.05) is 25.2 Å². The van der Waals surface area contributed by atoms with Crippen molar-refractivity contribution in [3.8, 4) is 0 Å². The molecule has 1 aromatic heterocycles. The molecule has 2 rings (SSSR count). The predicted octanol–water partition coefficient (Wildman–Crippen LogP) is -1.73. The van der Waals surface area contributed by atoms with Gasteiger partial charge in [0.1, 0.15) is 6.10 Å². The minimum absolute atomic E-state index is 0.0226. The summed E-state index contributed by atoms with van der Waals surface area (Å²) >= 11 is 0. The highest BCUT2D eigenvalue weighted by atomic mass is 31.2. The molecule has 1 saturated heterocycles. The standard InChI is InChI=1S/C12H19N4O6P/c1-2-4-14-12(16-5-3-10(18)15-11(16)19)6-8(17)9(22-12)7-21-23(13)20/h2-3,5,8-9,14,17,20H,1,4,6-7,13H2,(H,15,18,19)/t8-,9+,12-,23?/m0/s1. The first kappa shape index (κ1) is 18.0. The SMILES string of the molecule is C=CCN[C@]1(n2ccc(=O)[nH]c2=O)C[C@H](O)[C@@H](COP(N)O)O1. The Balaban J connectivity index is 2.32. The van der Waals surface area contributed by atoms with Crippen LogP contribution in [0.25, 0.3) is 0 Å². The molecule has 0 aliphatic carbocycles. The van der Waals surface area contributed by atoms with E-state index in [1.807, 2.05) is 0 Å². The van der Waals surface area contributed by atoms with E-state index in [2.05, 4.69) is 16.9 Å². The number of hydrogen-bond donors (Lipinski definition) is 5. The van der Waals surface area contributed by atoms with Crippen molar-refractivity contribution in [2.24, 2.45) is 5.50 Å². The van der Waals surface area contributed by atoms with Crippen molar-refractivity contribution in [1.29, 1.82) is 0 Å². The Kier molecular flexibility index (Phi) is 5.82. The third-order valence-corrected chi connectivity index (χ3v) is 3.78. The number of H-pyrrole nitrogens is 1. The van der Waals surface area contributed by atoms with E-state index in [1.165, 1.54) is 12.3 Å². The van der Waals surface area contributed by atoms with Gasteiger partial charge in [-0.2, -0.15) is 0 Å². The van der Waals surface area contributed by atoms with Gasteiger partial charge in [0.05, 0.1) is 12.7 Å². The fourth-order valence-corrected chi connectivity index (χ4v) is 2.67. The van der Waals surface area contributed by atoms with Gasteiger partial charge in [0.15, 0.2) is 0 Å². The van der Waals surface area contributed by atoms with E-state index in [9.17, 15) is 14.7 Å². The average molecular weight is 346 g/mol. The van der Waals surface area contributed by atoms with Gasteiger partial charge in [-0.25, -0.2) is 4.79 Å². The summed E-state index contributed by atoms with van der Waals surface area (Å²) in [5.41, 5.74) is 3.92. The maximum atomic E-state index is 12.1. The molecule has 0 aromatic carbocycles. The maximum Gasteiger partial charge on any atom is 0.331 e. The molecule has 23 heavy (non-hydrogen) atoms. The number of nitrogens with zero attached hydrogens (tertiary/aromatic N) is 1. The van der Waals surface area contributed by atoms with Crippen molar-refractivity contribution < 1.29 is 19.3 Å². The lowest BCUT2D eigenvalue weighted by Crippen LogP contribution is -2.53. The molecule has 2 heterocycles. The number of nitrogens with two attached hydrogens (primary N) is 1. The number of aromatic nitrogens is 2. The molecule has 4 atom stereocenters. The van der Waals surface area contributed by atoms with Gasteiger partial charge in [0.2, 0.25) is 14.4 Å². The normalized spacial score (nSPS) is 28.7. The lowest BCUT2D eigenvalue weighted by atomic mass is 10.1. The summed E-state index contributed by atoms with van der Waals surface area (Å²) in [4.78, 5) is 34.4. The molecule has 1 aliphatic heterocycles. The Morgan fingerprint density at radius 3 is 3.04 bits per heavy atom. The molecule has 10 nitrogen and oxygen atoms in total. The van der Waals surface area contributed by atoms with Crippen LogP contribution in [0, 0.1) is 0 Å². The summed E-state index contributed by atoms with van der Waals surface area (Å²) in [6.07, 6.45) is 1.07. The molecule has 1 fully saturated rings. The molecular weight excluding hydrogens is 327 g/mol. The molecule has 11 heteroatoms. The molecule has 6 N–H and O–H groups in total. The summed E-state index contributed by atoms with van der Waals surface area (Å²) < 4.78 is 11.8. The van der Waals surface area contributed by atoms with E-state index in [-0.39, 0.29) is 19.6 Å². The Morgan fingerprint density at radius 1 is 1.70 bits per heavy atom. The van der Waals surface area contributed by atoms with Crippen LogP contribution in [0.3, 0.4) is 0 Å². The van der Waals surface area contributed by atoms with Gasteiger partial charge >= 0.3 is 5.69 Å². The number of hydrogen-bond acceptors (Lipinski definition) is 8. The Morgan fingerprint density at radius 2 is 2.43 bits per heavy atom. The maximum absolute atomic E-state index is 12.1. The second kappa shape index (κ2) is 7.45. The first-order chi connectivity index (χ1) is 10.9. The smallest absolute Gasteiger partial charge is 0.331 e. The van der Waals surface area contributed by atoms with Crippen LogP contribution in [0.4, 0.5) is 0 Å². The van der Waals surface area contributed by atoms with Crippen LogP contribution in [-0.2, 0) is 15.1 Å². The number of ether oxygens (including phenoxy) is 1. The van der Waals surface area contributed by atoms with Crippen LogP contribution in [0.15, 0.2) is 34.5 Å². The minimum atomic E-state index is -2.09. The second-order valence-corrected chi connectivity index (χ2v) is 5.82. The zero-order chi connectivity index (χ0) is 17.0. The summed E-state index contributed by atoms with van der Waals surface area (Å²) in [6.45, 7) is 3.73. The van der Waals surface area contributed by atoms with Crippen molar-refractivity contribution in [2.75, 3.05) is 13.2 Å². The quantitative estimate of drug-likeness (QED) is 0.288. The highest BCUT2D eigenvalue weighted by Crippen LogP contribution is 2.33. The average Bonchev–Trinajstić information content (AvgIpc) is 2.80. The first-order valence-electron chi connectivity index (χ1n) is 6.79. The van der Waals surface area contributed by atoms with Gasteiger partial charge in [-0.3, -0.25) is 25.2 Å². The number of aliphatic hydroxyl groups is 1. The van der Waals surface area contributed by atoms with Crippen LogP contribution in [0.2, 0.25) is 0 Å². The summed E-state index contributed by atoms with van der Waals surface area (Å²) in [5, 5.41) is 13.1. The molecule has 1 aliphatic rings. The van der Waals surface area contributed by atoms with E-state index < -0.39 is 37.8 Å². The first-order valence-corrected chi connectivity index (χ1v) is 8.07.